The maximum absolute atomic E-state index is 11.7. The highest BCUT2D eigenvalue weighted by Gasteiger charge is 2.51. The smallest absolute Gasteiger partial charge is 0.219 e. The zero-order valence-corrected chi connectivity index (χ0v) is 22.9. The lowest BCUT2D eigenvalue weighted by molar-refractivity contribution is -0.129. The van der Waals surface area contributed by atoms with Crippen LogP contribution in [-0.4, -0.2) is 83.4 Å². The molecule has 0 spiro atoms. The first-order valence-electron chi connectivity index (χ1n) is 13.5. The Balaban J connectivity index is 1.12. The number of carbonyl (C=O) groups excluding carboxylic acids is 1. The molecule has 1 aliphatic carbocycles. The van der Waals surface area contributed by atoms with E-state index in [4.69, 9.17) is 30.8 Å². The summed E-state index contributed by atoms with van der Waals surface area (Å²) in [6, 6.07) is 8.68. The van der Waals surface area contributed by atoms with Crippen LogP contribution in [0.5, 0.6) is 0 Å². The van der Waals surface area contributed by atoms with Crippen LogP contribution < -0.4 is 5.32 Å². The van der Waals surface area contributed by atoms with Gasteiger partial charge in [-0.3, -0.25) is 9.79 Å². The van der Waals surface area contributed by atoms with E-state index in [-0.39, 0.29) is 48.3 Å². The van der Waals surface area contributed by atoms with Crippen LogP contribution in [-0.2, 0) is 19.0 Å². The number of aliphatic hydroxyl groups excluding tert-OH is 1. The molecule has 8 atom stereocenters. The summed E-state index contributed by atoms with van der Waals surface area (Å²) >= 11 is 6.82. The van der Waals surface area contributed by atoms with Crippen LogP contribution in [0.15, 0.2) is 47.1 Å². The number of fused-ring (bicyclic) bond motifs is 2. The van der Waals surface area contributed by atoms with E-state index in [1.165, 1.54) is 11.1 Å². The molecular formula is C29H36ClN3O5. The lowest BCUT2D eigenvalue weighted by atomic mass is 9.89. The Morgan fingerprint density at radius 1 is 1.24 bits per heavy atom. The van der Waals surface area contributed by atoms with E-state index < -0.39 is 11.8 Å². The molecule has 5 aliphatic rings. The van der Waals surface area contributed by atoms with E-state index in [0.29, 0.717) is 13.0 Å². The molecule has 6 unspecified atom stereocenters. The summed E-state index contributed by atoms with van der Waals surface area (Å²) in [7, 11) is 1.89. The first-order valence-corrected chi connectivity index (χ1v) is 14.0. The van der Waals surface area contributed by atoms with Crippen molar-refractivity contribution in [3.05, 3.63) is 53.2 Å². The van der Waals surface area contributed by atoms with Gasteiger partial charge in [-0.2, -0.15) is 0 Å². The number of nitrogens with zero attached hydrogens (tertiary/aromatic N) is 2. The van der Waals surface area contributed by atoms with Crippen molar-refractivity contribution < 1.29 is 24.1 Å². The summed E-state index contributed by atoms with van der Waals surface area (Å²) < 4.78 is 17.9. The fraction of sp³-hybridized carbons (Fsp3) is 0.586. The van der Waals surface area contributed by atoms with E-state index >= 15 is 0 Å². The highest BCUT2D eigenvalue weighted by atomic mass is 35.5. The largest absolute Gasteiger partial charge is 0.388 e. The Morgan fingerprint density at radius 3 is 2.71 bits per heavy atom. The van der Waals surface area contributed by atoms with Gasteiger partial charge in [-0.15, -0.1) is 11.6 Å². The number of amides is 1. The maximum atomic E-state index is 11.7. The zero-order valence-electron chi connectivity index (χ0n) is 22.1. The number of rotatable bonds is 5. The third-order valence-electron chi connectivity index (χ3n) is 8.58. The van der Waals surface area contributed by atoms with Crippen molar-refractivity contribution in [1.29, 1.82) is 0 Å². The maximum Gasteiger partial charge on any atom is 0.219 e. The molecule has 9 heteroatoms. The molecule has 0 bridgehead atoms. The van der Waals surface area contributed by atoms with Gasteiger partial charge in [0.25, 0.3) is 0 Å². The number of benzene rings is 1. The van der Waals surface area contributed by atoms with Crippen LogP contribution in [0.3, 0.4) is 0 Å². The quantitative estimate of drug-likeness (QED) is 0.556. The van der Waals surface area contributed by atoms with Crippen LogP contribution in [0.4, 0.5) is 0 Å². The minimum absolute atomic E-state index is 0.117. The summed E-state index contributed by atoms with van der Waals surface area (Å²) in [6.07, 6.45) is 6.30. The van der Waals surface area contributed by atoms with Crippen LogP contribution in [0, 0.1) is 0 Å². The minimum Gasteiger partial charge on any atom is -0.388 e. The third-order valence-corrected chi connectivity index (χ3v) is 8.95. The van der Waals surface area contributed by atoms with E-state index in [0.717, 1.165) is 36.2 Å². The zero-order chi connectivity index (χ0) is 26.6. The number of nitrogens with one attached hydrogen (secondary N) is 1. The van der Waals surface area contributed by atoms with Gasteiger partial charge in [0.15, 0.2) is 0 Å². The average Bonchev–Trinajstić information content (AvgIpc) is 3.57. The van der Waals surface area contributed by atoms with E-state index in [1.807, 2.05) is 24.9 Å². The first kappa shape index (κ1) is 26.0. The third kappa shape index (κ3) is 4.82. The molecule has 2 N–H and O–H groups in total. The van der Waals surface area contributed by atoms with Gasteiger partial charge in [0.05, 0.1) is 36.0 Å². The van der Waals surface area contributed by atoms with E-state index in [9.17, 15) is 9.90 Å². The lowest BCUT2D eigenvalue weighted by Gasteiger charge is -2.30. The predicted octanol–water partition coefficient (Wildman–Crippen LogP) is 3.34. The Kier molecular flexibility index (Phi) is 6.89. The summed E-state index contributed by atoms with van der Waals surface area (Å²) in [5.74, 6) is 0.117. The molecule has 0 saturated carbocycles. The molecule has 1 amide bonds. The SMILES string of the molecule is CC(=O)N(C)C1CC=C(c2ccc(C3N=C4CC(C)(O[C@@H]5COC6C5OC[C@H]6O)NC4=CC3Cl)cc2)CC1. The molecule has 1 aromatic rings. The van der Waals surface area contributed by atoms with Gasteiger partial charge in [0.1, 0.15) is 30.1 Å². The van der Waals surface area contributed by atoms with Gasteiger partial charge >= 0.3 is 0 Å². The van der Waals surface area contributed by atoms with Gasteiger partial charge in [-0.1, -0.05) is 30.3 Å². The van der Waals surface area contributed by atoms with Gasteiger partial charge < -0.3 is 29.5 Å². The molecule has 0 aromatic heterocycles. The number of ether oxygens (including phenoxy) is 3. The molecule has 4 heterocycles. The fourth-order valence-electron chi connectivity index (χ4n) is 6.35. The van der Waals surface area contributed by atoms with Crippen molar-refractivity contribution >= 4 is 28.8 Å². The van der Waals surface area contributed by atoms with Crippen molar-refractivity contribution in [2.45, 2.75) is 87.1 Å². The minimum atomic E-state index is -0.651. The molecule has 4 aliphatic heterocycles. The second-order valence-corrected chi connectivity index (χ2v) is 11.8. The molecule has 38 heavy (non-hydrogen) atoms. The Labute approximate surface area is 228 Å². The lowest BCUT2D eigenvalue weighted by Crippen LogP contribution is -2.45. The van der Waals surface area contributed by atoms with Gasteiger partial charge in [-0.25, -0.2) is 0 Å². The molecule has 3 saturated heterocycles. The summed E-state index contributed by atoms with van der Waals surface area (Å²) in [6.45, 7) is 4.31. The number of halogens is 1. The second-order valence-electron chi connectivity index (χ2n) is 11.3. The van der Waals surface area contributed by atoms with Crippen LogP contribution in [0.25, 0.3) is 5.57 Å². The van der Waals surface area contributed by atoms with E-state index in [2.05, 4.69) is 35.7 Å². The van der Waals surface area contributed by atoms with Crippen molar-refractivity contribution in [3.63, 3.8) is 0 Å². The van der Waals surface area contributed by atoms with Crippen molar-refractivity contribution in [2.75, 3.05) is 20.3 Å². The van der Waals surface area contributed by atoms with Crippen LogP contribution in [0.1, 0.15) is 56.7 Å². The predicted molar refractivity (Wildman–Crippen MR) is 145 cm³/mol. The number of aliphatic imine (C=N–C) groups is 1. The normalized spacial score (nSPS) is 38.0. The van der Waals surface area contributed by atoms with Gasteiger partial charge in [-0.05, 0) is 49.0 Å². The summed E-state index contributed by atoms with van der Waals surface area (Å²) in [5.41, 5.74) is 4.84. The molecule has 1 aromatic carbocycles. The molecule has 0 radical (unpaired) electrons. The van der Waals surface area contributed by atoms with Crippen LogP contribution in [0.2, 0.25) is 0 Å². The number of dihydropyridines is 1. The highest BCUT2D eigenvalue weighted by Crippen LogP contribution is 2.39. The summed E-state index contributed by atoms with van der Waals surface area (Å²) in [4.78, 5) is 18.6. The molecular weight excluding hydrogens is 506 g/mol. The molecule has 8 nitrogen and oxygen atoms in total. The van der Waals surface area contributed by atoms with Crippen molar-refractivity contribution in [3.8, 4) is 0 Å². The number of aliphatic hydroxyl groups is 1. The standard InChI is InChI=1S/C29H36ClN3O5/c1-16(34)33(3)20-10-8-18(9-11-20)17-4-6-19(7-5-17)26-21(30)12-22-23(31-26)13-29(2,32-22)38-25-15-37-27-24(35)14-36-28(25)27/h4-8,12,20-21,24-28,32,35H,9-11,13-15H2,1-3H3/t20?,21?,24-,25-,26?,27?,28?,29?/m1/s1. The van der Waals surface area contributed by atoms with Crippen LogP contribution >= 0.6 is 11.6 Å². The first-order chi connectivity index (χ1) is 18.2. The fourth-order valence-corrected chi connectivity index (χ4v) is 6.68. The van der Waals surface area contributed by atoms with Gasteiger partial charge in [0.2, 0.25) is 5.91 Å². The average molecular weight is 542 g/mol. The Bertz CT molecular complexity index is 1180. The number of allylic oxidation sites excluding steroid dienone is 2. The number of carbonyl (C=O) groups is 1. The molecule has 3 fully saturated rings. The van der Waals surface area contributed by atoms with Crippen molar-refractivity contribution in [2.24, 2.45) is 4.99 Å². The highest BCUT2D eigenvalue weighted by molar-refractivity contribution is 6.23. The second kappa shape index (κ2) is 10.1. The summed E-state index contributed by atoms with van der Waals surface area (Å²) in [5, 5.41) is 13.2. The molecule has 6 rings (SSSR count). The number of alkyl halides is 1. The number of hydrogen-bond acceptors (Lipinski definition) is 7. The van der Waals surface area contributed by atoms with Gasteiger partial charge in [0, 0.05) is 26.4 Å². The Hall–Kier alpha value is -2.23. The van der Waals surface area contributed by atoms with E-state index in [1.54, 1.807) is 6.92 Å². The topological polar surface area (TPSA) is 92.6 Å². The van der Waals surface area contributed by atoms with Crippen molar-refractivity contribution in [1.82, 2.24) is 10.2 Å². The number of hydrogen-bond donors (Lipinski definition) is 2. The monoisotopic (exact) mass is 541 g/mol. The molecule has 204 valence electrons. The Morgan fingerprint density at radius 2 is 2.00 bits per heavy atom.